The molecule has 2 N–H and O–H groups in total. The summed E-state index contributed by atoms with van der Waals surface area (Å²) in [5.41, 5.74) is -1.34. The third-order valence-electron chi connectivity index (χ3n) is 4.24. The Morgan fingerprint density at radius 2 is 1.44 bits per heavy atom. The van der Waals surface area contributed by atoms with E-state index in [9.17, 15) is 22.8 Å². The number of para-hydroxylation sites is 1. The number of halogens is 3. The average molecular weight is 378 g/mol. The molecule has 7 heteroatoms. The fourth-order valence-corrected chi connectivity index (χ4v) is 2.33. The van der Waals surface area contributed by atoms with E-state index in [4.69, 9.17) is 0 Å². The highest BCUT2D eigenvalue weighted by molar-refractivity contribution is 6.14. The molecule has 0 atom stereocenters. The molecule has 0 aliphatic carbocycles. The molecular formula is C20H21F3N2O2. The number of amides is 2. The molecule has 0 saturated heterocycles. The molecule has 0 aliphatic heterocycles. The fourth-order valence-electron chi connectivity index (χ4n) is 2.33. The zero-order valence-corrected chi connectivity index (χ0v) is 15.3. The summed E-state index contributed by atoms with van der Waals surface area (Å²) >= 11 is 0. The molecule has 0 heterocycles. The Morgan fingerprint density at radius 3 is 2.00 bits per heavy atom. The minimum Gasteiger partial charge on any atom is -0.325 e. The SMILES string of the molecule is CCc1ccc(NC(=O)C(C)(C)C(=O)Nc2ccccc2C(F)(F)F)cc1. The van der Waals surface area contributed by atoms with Crippen LogP contribution in [-0.2, 0) is 22.2 Å². The van der Waals surface area contributed by atoms with Crippen molar-refractivity contribution in [3.05, 3.63) is 59.7 Å². The summed E-state index contributed by atoms with van der Waals surface area (Å²) in [7, 11) is 0. The van der Waals surface area contributed by atoms with Gasteiger partial charge >= 0.3 is 6.18 Å². The number of nitrogens with one attached hydrogen (secondary N) is 2. The maximum Gasteiger partial charge on any atom is 0.418 e. The van der Waals surface area contributed by atoms with Crippen LogP contribution < -0.4 is 10.6 Å². The monoisotopic (exact) mass is 378 g/mol. The summed E-state index contributed by atoms with van der Waals surface area (Å²) < 4.78 is 39.2. The Kier molecular flexibility index (Phi) is 5.93. The van der Waals surface area contributed by atoms with Gasteiger partial charge in [-0.1, -0.05) is 31.2 Å². The van der Waals surface area contributed by atoms with E-state index in [2.05, 4.69) is 10.6 Å². The third kappa shape index (κ3) is 4.87. The molecule has 0 spiro atoms. The highest BCUT2D eigenvalue weighted by Gasteiger charge is 2.38. The minimum absolute atomic E-state index is 0.386. The fraction of sp³-hybridized carbons (Fsp3) is 0.300. The molecule has 2 rings (SSSR count). The second-order valence-corrected chi connectivity index (χ2v) is 6.63. The molecule has 0 saturated carbocycles. The van der Waals surface area contributed by atoms with Crippen LogP contribution in [0.15, 0.2) is 48.5 Å². The topological polar surface area (TPSA) is 58.2 Å². The van der Waals surface area contributed by atoms with Gasteiger partial charge in [0.1, 0.15) is 5.41 Å². The number of hydrogen-bond donors (Lipinski definition) is 2. The molecule has 0 unspecified atom stereocenters. The Bertz CT molecular complexity index is 828. The summed E-state index contributed by atoms with van der Waals surface area (Å²) in [4.78, 5) is 25.0. The lowest BCUT2D eigenvalue weighted by molar-refractivity contribution is -0.137. The quantitative estimate of drug-likeness (QED) is 0.729. The molecule has 0 fully saturated rings. The van der Waals surface area contributed by atoms with Gasteiger partial charge in [0.05, 0.1) is 11.3 Å². The first kappa shape index (κ1) is 20.5. The normalized spacial score (nSPS) is 11.8. The van der Waals surface area contributed by atoms with Crippen molar-refractivity contribution in [1.29, 1.82) is 0 Å². The molecular weight excluding hydrogens is 357 g/mol. The largest absolute Gasteiger partial charge is 0.418 e. The number of aryl methyl sites for hydroxylation is 1. The van der Waals surface area contributed by atoms with Gasteiger partial charge in [-0.3, -0.25) is 9.59 Å². The molecule has 2 aromatic rings. The van der Waals surface area contributed by atoms with Crippen LogP contribution >= 0.6 is 0 Å². The molecule has 0 radical (unpaired) electrons. The first-order valence-electron chi connectivity index (χ1n) is 8.43. The smallest absolute Gasteiger partial charge is 0.325 e. The number of rotatable bonds is 5. The minimum atomic E-state index is -4.61. The lowest BCUT2D eigenvalue weighted by Gasteiger charge is -2.24. The van der Waals surface area contributed by atoms with Crippen molar-refractivity contribution in [2.75, 3.05) is 10.6 Å². The summed E-state index contributed by atoms with van der Waals surface area (Å²) in [5, 5.41) is 4.85. The van der Waals surface area contributed by atoms with Crippen LogP contribution in [0.2, 0.25) is 0 Å². The van der Waals surface area contributed by atoms with Gasteiger partial charge < -0.3 is 10.6 Å². The number of anilines is 2. The number of carbonyl (C=O) groups excluding carboxylic acids is 2. The highest BCUT2D eigenvalue weighted by Crippen LogP contribution is 2.35. The Hall–Kier alpha value is -2.83. The van der Waals surface area contributed by atoms with Crippen LogP contribution in [0.1, 0.15) is 31.9 Å². The van der Waals surface area contributed by atoms with E-state index in [1.165, 1.54) is 26.0 Å². The van der Waals surface area contributed by atoms with Crippen LogP contribution in [-0.4, -0.2) is 11.8 Å². The number of carbonyl (C=O) groups is 2. The standard InChI is InChI=1S/C20H21F3N2O2/c1-4-13-9-11-14(12-10-13)24-17(26)19(2,3)18(27)25-16-8-6-5-7-15(16)20(21,22)23/h5-12H,4H2,1-3H3,(H,24,26)(H,25,27). The lowest BCUT2D eigenvalue weighted by Crippen LogP contribution is -2.41. The molecule has 144 valence electrons. The predicted octanol–water partition coefficient (Wildman–Crippen LogP) is 4.87. The summed E-state index contributed by atoms with van der Waals surface area (Å²) in [6.07, 6.45) is -3.77. The third-order valence-corrected chi connectivity index (χ3v) is 4.24. The van der Waals surface area contributed by atoms with Crippen LogP contribution in [0.3, 0.4) is 0 Å². The van der Waals surface area contributed by atoms with Crippen molar-refractivity contribution >= 4 is 23.2 Å². The van der Waals surface area contributed by atoms with E-state index < -0.39 is 29.0 Å². The van der Waals surface area contributed by atoms with Crippen molar-refractivity contribution in [1.82, 2.24) is 0 Å². The van der Waals surface area contributed by atoms with Gasteiger partial charge in [0.15, 0.2) is 0 Å². The van der Waals surface area contributed by atoms with Gasteiger partial charge in [0.25, 0.3) is 0 Å². The Morgan fingerprint density at radius 1 is 0.889 bits per heavy atom. The van der Waals surface area contributed by atoms with E-state index in [0.29, 0.717) is 5.69 Å². The maximum atomic E-state index is 13.1. The molecule has 4 nitrogen and oxygen atoms in total. The maximum absolute atomic E-state index is 13.1. The van der Waals surface area contributed by atoms with Crippen molar-refractivity contribution < 1.29 is 22.8 Å². The van der Waals surface area contributed by atoms with Crippen LogP contribution in [0.5, 0.6) is 0 Å². The van der Waals surface area contributed by atoms with Gasteiger partial charge in [-0.15, -0.1) is 0 Å². The molecule has 0 bridgehead atoms. The van der Waals surface area contributed by atoms with Gasteiger partial charge in [-0.25, -0.2) is 0 Å². The van der Waals surface area contributed by atoms with Crippen LogP contribution in [0.25, 0.3) is 0 Å². The lowest BCUT2D eigenvalue weighted by atomic mass is 9.90. The predicted molar refractivity (Wildman–Crippen MR) is 98.3 cm³/mol. The molecule has 2 amide bonds. The number of alkyl halides is 3. The van der Waals surface area contributed by atoms with Crippen LogP contribution in [0.4, 0.5) is 24.5 Å². The van der Waals surface area contributed by atoms with Gasteiger partial charge in [0, 0.05) is 5.69 Å². The molecule has 27 heavy (non-hydrogen) atoms. The Labute approximate surface area is 155 Å². The summed E-state index contributed by atoms with van der Waals surface area (Å²) in [5.74, 6) is -1.45. The number of benzene rings is 2. The van der Waals surface area contributed by atoms with E-state index in [-0.39, 0.29) is 5.69 Å². The summed E-state index contributed by atoms with van der Waals surface area (Å²) in [6.45, 7) is 4.71. The van der Waals surface area contributed by atoms with Gasteiger partial charge in [-0.2, -0.15) is 13.2 Å². The highest BCUT2D eigenvalue weighted by atomic mass is 19.4. The van der Waals surface area contributed by atoms with Gasteiger partial charge in [0.2, 0.25) is 11.8 Å². The van der Waals surface area contributed by atoms with Crippen molar-refractivity contribution in [3.63, 3.8) is 0 Å². The second kappa shape index (κ2) is 7.82. The molecule has 0 aliphatic rings. The van der Waals surface area contributed by atoms with Crippen molar-refractivity contribution in [2.45, 2.75) is 33.4 Å². The summed E-state index contributed by atoms with van der Waals surface area (Å²) in [6, 6.07) is 11.8. The van der Waals surface area contributed by atoms with E-state index in [1.807, 2.05) is 19.1 Å². The molecule has 2 aromatic carbocycles. The van der Waals surface area contributed by atoms with Gasteiger partial charge in [-0.05, 0) is 50.1 Å². The first-order valence-corrected chi connectivity index (χ1v) is 8.43. The van der Waals surface area contributed by atoms with Crippen molar-refractivity contribution in [2.24, 2.45) is 5.41 Å². The number of hydrogen-bond acceptors (Lipinski definition) is 2. The van der Waals surface area contributed by atoms with E-state index in [1.54, 1.807) is 12.1 Å². The second-order valence-electron chi connectivity index (χ2n) is 6.63. The van der Waals surface area contributed by atoms with E-state index in [0.717, 1.165) is 24.1 Å². The zero-order chi connectivity index (χ0) is 20.2. The Balaban J connectivity index is 2.15. The van der Waals surface area contributed by atoms with Crippen LogP contribution in [0, 0.1) is 5.41 Å². The van der Waals surface area contributed by atoms with E-state index >= 15 is 0 Å². The van der Waals surface area contributed by atoms with Crippen molar-refractivity contribution in [3.8, 4) is 0 Å². The molecule has 0 aromatic heterocycles. The first-order chi connectivity index (χ1) is 12.6. The zero-order valence-electron chi connectivity index (χ0n) is 15.3. The average Bonchev–Trinajstić information content (AvgIpc) is 2.61.